The molecular weight excluding hydrogens is 348 g/mol. The quantitative estimate of drug-likeness (QED) is 0.670. The van der Waals surface area contributed by atoms with Crippen molar-refractivity contribution in [3.8, 4) is 0 Å². The molecule has 0 aliphatic carbocycles. The Labute approximate surface area is 136 Å². The van der Waals surface area contributed by atoms with Crippen LogP contribution in [0.3, 0.4) is 0 Å². The number of carbonyl (C=O) groups excluding carboxylic acids is 2. The summed E-state index contributed by atoms with van der Waals surface area (Å²) >= 11 is 3.40. The molecule has 1 fully saturated rings. The number of fused-ring (bicyclic) bond motifs is 1. The van der Waals surface area contributed by atoms with Crippen molar-refractivity contribution in [1.82, 2.24) is 9.88 Å². The third-order valence-electron chi connectivity index (χ3n) is 4.08. The molecule has 1 amide bonds. The molecule has 1 aliphatic rings. The summed E-state index contributed by atoms with van der Waals surface area (Å²) < 4.78 is 6.02. The molecule has 3 rings (SSSR count). The number of hydrogen-bond donors (Lipinski definition) is 1. The summed E-state index contributed by atoms with van der Waals surface area (Å²) in [5, 5.41) is 0.759. The number of nitrogens with zero attached hydrogens (tertiary/aromatic N) is 1. The second-order valence-electron chi connectivity index (χ2n) is 5.47. The van der Waals surface area contributed by atoms with Crippen molar-refractivity contribution >= 4 is 38.5 Å². The first-order valence-corrected chi connectivity index (χ1v) is 8.02. The fraction of sp³-hybridized carbons (Fsp3) is 0.375. The monoisotopic (exact) mass is 364 g/mol. The number of benzene rings is 1. The first kappa shape index (κ1) is 15.2. The number of methoxy groups -OCH3 is 1. The number of ketones is 1. The van der Waals surface area contributed by atoms with E-state index in [4.69, 9.17) is 4.74 Å². The van der Waals surface area contributed by atoms with Gasteiger partial charge in [-0.3, -0.25) is 9.59 Å². The highest BCUT2D eigenvalue weighted by Crippen LogP contribution is 2.25. The lowest BCUT2D eigenvalue weighted by atomic mass is 10.1. The van der Waals surface area contributed by atoms with Crippen LogP contribution in [0.25, 0.3) is 10.9 Å². The maximum Gasteiger partial charge on any atom is 0.295 e. The summed E-state index contributed by atoms with van der Waals surface area (Å²) in [5.41, 5.74) is 1.26. The number of halogens is 1. The molecule has 0 spiro atoms. The molecule has 116 valence electrons. The molecule has 22 heavy (non-hydrogen) atoms. The Kier molecular flexibility index (Phi) is 4.31. The number of Topliss-reactive ketones (excluding diaryl/α,β-unsaturated/α-hetero) is 1. The minimum absolute atomic E-state index is 0.00149. The van der Waals surface area contributed by atoms with Gasteiger partial charge in [0.2, 0.25) is 0 Å². The summed E-state index contributed by atoms with van der Waals surface area (Å²) in [4.78, 5) is 29.8. The summed E-state index contributed by atoms with van der Waals surface area (Å²) in [6.07, 6.45) is 3.40. The van der Waals surface area contributed by atoms with Crippen molar-refractivity contribution in [3.63, 3.8) is 0 Å². The van der Waals surface area contributed by atoms with Crippen LogP contribution in [0.15, 0.2) is 28.9 Å². The van der Waals surface area contributed by atoms with Gasteiger partial charge in [-0.05, 0) is 31.0 Å². The maximum atomic E-state index is 12.6. The molecule has 2 aromatic rings. The molecule has 6 heteroatoms. The van der Waals surface area contributed by atoms with Crippen molar-refractivity contribution < 1.29 is 14.3 Å². The second-order valence-corrected chi connectivity index (χ2v) is 6.39. The number of aromatic amines is 1. The lowest BCUT2D eigenvalue weighted by Crippen LogP contribution is -2.42. The van der Waals surface area contributed by atoms with E-state index in [-0.39, 0.29) is 6.04 Å². The lowest BCUT2D eigenvalue weighted by Gasteiger charge is -2.23. The molecule has 1 aliphatic heterocycles. The van der Waals surface area contributed by atoms with Crippen molar-refractivity contribution in [3.05, 3.63) is 34.4 Å². The lowest BCUT2D eigenvalue weighted by molar-refractivity contribution is -0.128. The smallest absolute Gasteiger partial charge is 0.295 e. The molecule has 0 bridgehead atoms. The summed E-state index contributed by atoms with van der Waals surface area (Å²) in [6, 6.07) is 5.62. The van der Waals surface area contributed by atoms with E-state index in [9.17, 15) is 9.59 Å². The number of hydrogen-bond acceptors (Lipinski definition) is 3. The van der Waals surface area contributed by atoms with Gasteiger partial charge in [0.25, 0.3) is 11.7 Å². The molecule has 2 heterocycles. The van der Waals surface area contributed by atoms with E-state index in [0.29, 0.717) is 18.7 Å². The molecule has 0 radical (unpaired) electrons. The largest absolute Gasteiger partial charge is 0.383 e. The van der Waals surface area contributed by atoms with Crippen LogP contribution in [0, 0.1) is 0 Å². The topological polar surface area (TPSA) is 62.4 Å². The fourth-order valence-corrected chi connectivity index (χ4v) is 3.36. The minimum Gasteiger partial charge on any atom is -0.383 e. The molecule has 1 saturated heterocycles. The number of amides is 1. The molecule has 1 aromatic carbocycles. The van der Waals surface area contributed by atoms with E-state index in [1.807, 2.05) is 18.2 Å². The Morgan fingerprint density at radius 2 is 2.27 bits per heavy atom. The van der Waals surface area contributed by atoms with Crippen molar-refractivity contribution in [1.29, 1.82) is 0 Å². The van der Waals surface area contributed by atoms with Gasteiger partial charge in [0.15, 0.2) is 0 Å². The van der Waals surface area contributed by atoms with Gasteiger partial charge in [-0.2, -0.15) is 0 Å². The zero-order valence-electron chi connectivity index (χ0n) is 12.3. The molecule has 0 saturated carbocycles. The molecule has 0 unspecified atom stereocenters. The third-order valence-corrected chi connectivity index (χ3v) is 4.57. The zero-order chi connectivity index (χ0) is 15.7. The number of aromatic nitrogens is 1. The third kappa shape index (κ3) is 2.68. The predicted octanol–water partition coefficient (Wildman–Crippen LogP) is 2.75. The van der Waals surface area contributed by atoms with E-state index < -0.39 is 11.7 Å². The number of H-pyrrole nitrogens is 1. The van der Waals surface area contributed by atoms with Crippen molar-refractivity contribution in [2.45, 2.75) is 18.9 Å². The van der Waals surface area contributed by atoms with Gasteiger partial charge >= 0.3 is 0 Å². The maximum absolute atomic E-state index is 12.6. The van der Waals surface area contributed by atoms with Crippen LogP contribution in [0.4, 0.5) is 0 Å². The van der Waals surface area contributed by atoms with Gasteiger partial charge in [-0.25, -0.2) is 0 Å². The van der Waals surface area contributed by atoms with Crippen molar-refractivity contribution in [2.24, 2.45) is 0 Å². The molecule has 5 nitrogen and oxygen atoms in total. The van der Waals surface area contributed by atoms with E-state index in [2.05, 4.69) is 20.9 Å². The molecule has 1 atom stereocenters. The van der Waals surface area contributed by atoms with Crippen LogP contribution in [0.1, 0.15) is 23.2 Å². The Morgan fingerprint density at radius 3 is 3.05 bits per heavy atom. The number of carbonyl (C=O) groups is 2. The number of ether oxygens (including phenoxy) is 1. The van der Waals surface area contributed by atoms with Crippen LogP contribution in [-0.4, -0.2) is 47.9 Å². The van der Waals surface area contributed by atoms with E-state index in [1.165, 1.54) is 0 Å². The Balaban J connectivity index is 1.89. The highest BCUT2D eigenvalue weighted by atomic mass is 79.9. The van der Waals surface area contributed by atoms with E-state index in [0.717, 1.165) is 28.2 Å². The predicted molar refractivity (Wildman–Crippen MR) is 86.9 cm³/mol. The molecule has 1 aromatic heterocycles. The highest BCUT2D eigenvalue weighted by molar-refractivity contribution is 9.10. The van der Waals surface area contributed by atoms with Crippen molar-refractivity contribution in [2.75, 3.05) is 20.3 Å². The van der Waals surface area contributed by atoms with Gasteiger partial charge < -0.3 is 14.6 Å². The first-order valence-electron chi connectivity index (χ1n) is 7.22. The zero-order valence-corrected chi connectivity index (χ0v) is 13.9. The molecular formula is C16H17BrN2O3. The average Bonchev–Trinajstić information content (AvgIpc) is 3.12. The number of rotatable bonds is 4. The minimum atomic E-state index is -0.465. The Hall–Kier alpha value is -1.66. The molecule has 1 N–H and O–H groups in total. The Morgan fingerprint density at radius 1 is 1.45 bits per heavy atom. The number of likely N-dealkylation sites (tertiary alicyclic amines) is 1. The Bertz CT molecular complexity index is 725. The van der Waals surface area contributed by atoms with E-state index >= 15 is 0 Å². The second kappa shape index (κ2) is 6.22. The van der Waals surface area contributed by atoms with Gasteiger partial charge in [-0.1, -0.05) is 15.9 Å². The normalized spacial score (nSPS) is 18.1. The number of nitrogens with one attached hydrogen (secondary N) is 1. The van der Waals surface area contributed by atoms with Crippen LogP contribution in [0.5, 0.6) is 0 Å². The van der Waals surface area contributed by atoms with Crippen LogP contribution in [0.2, 0.25) is 0 Å². The summed E-state index contributed by atoms with van der Waals surface area (Å²) in [7, 11) is 1.61. The van der Waals surface area contributed by atoms with Crippen LogP contribution in [-0.2, 0) is 9.53 Å². The van der Waals surface area contributed by atoms with Gasteiger partial charge in [0.05, 0.1) is 18.2 Å². The first-order chi connectivity index (χ1) is 10.6. The van der Waals surface area contributed by atoms with Gasteiger partial charge in [-0.15, -0.1) is 0 Å². The fourth-order valence-electron chi connectivity index (χ4n) is 3.00. The van der Waals surface area contributed by atoms with E-state index in [1.54, 1.807) is 18.2 Å². The SMILES string of the molecule is COC[C@@H]1CCCN1C(=O)C(=O)c1c[nH]c2ccc(Br)cc12. The summed E-state index contributed by atoms with van der Waals surface area (Å²) in [5.74, 6) is -0.909. The highest BCUT2D eigenvalue weighted by Gasteiger charge is 2.33. The van der Waals surface area contributed by atoms with Gasteiger partial charge in [0.1, 0.15) is 0 Å². The van der Waals surface area contributed by atoms with Crippen LogP contribution < -0.4 is 0 Å². The van der Waals surface area contributed by atoms with Gasteiger partial charge in [0, 0.05) is 35.2 Å². The summed E-state index contributed by atoms with van der Waals surface area (Å²) in [6.45, 7) is 1.09. The average molecular weight is 365 g/mol. The van der Waals surface area contributed by atoms with Crippen LogP contribution >= 0.6 is 15.9 Å². The standard InChI is InChI=1S/C16H17BrN2O3/c1-22-9-11-3-2-6-19(11)16(21)15(20)13-8-18-14-5-4-10(17)7-12(13)14/h4-5,7-8,11,18H,2-3,6,9H2,1H3/t11-/m0/s1.